The van der Waals surface area contributed by atoms with Gasteiger partial charge in [0.15, 0.2) is 0 Å². The Morgan fingerprint density at radius 1 is 1.14 bits per heavy atom. The zero-order valence-electron chi connectivity index (χ0n) is 12.4. The number of likely N-dealkylation sites (N-methyl/N-ethyl adjacent to an activating group) is 1. The predicted octanol–water partition coefficient (Wildman–Crippen LogP) is 3.11. The summed E-state index contributed by atoms with van der Waals surface area (Å²) in [5, 5.41) is 0. The number of para-hydroxylation sites is 1. The highest BCUT2D eigenvalue weighted by Crippen LogP contribution is 2.29. The average Bonchev–Trinajstić information content (AvgIpc) is 2.50. The molecule has 3 nitrogen and oxygen atoms in total. The summed E-state index contributed by atoms with van der Waals surface area (Å²) in [7, 11) is 3.52. The lowest BCUT2D eigenvalue weighted by Gasteiger charge is -2.31. The molecule has 0 aliphatic rings. The molecule has 2 N–H and O–H groups in total. The second-order valence-electron chi connectivity index (χ2n) is 4.95. The summed E-state index contributed by atoms with van der Waals surface area (Å²) >= 11 is 0. The molecule has 2 aromatic rings. The van der Waals surface area contributed by atoms with E-state index in [4.69, 9.17) is 10.5 Å². The molecule has 4 heteroatoms. The molecule has 1 unspecified atom stereocenters. The zero-order chi connectivity index (χ0) is 15.2. The topological polar surface area (TPSA) is 38.5 Å². The summed E-state index contributed by atoms with van der Waals surface area (Å²) in [5.74, 6) is -0.248. The first-order valence-corrected chi connectivity index (χ1v) is 6.93. The van der Waals surface area contributed by atoms with Gasteiger partial charge in [0.1, 0.15) is 5.82 Å². The fourth-order valence-electron chi connectivity index (χ4n) is 2.55. The third-order valence-corrected chi connectivity index (χ3v) is 3.64. The Morgan fingerprint density at radius 3 is 2.48 bits per heavy atom. The molecule has 0 aromatic heterocycles. The van der Waals surface area contributed by atoms with Crippen molar-refractivity contribution < 1.29 is 9.13 Å². The van der Waals surface area contributed by atoms with Crippen LogP contribution in [0.3, 0.4) is 0 Å². The highest BCUT2D eigenvalue weighted by Gasteiger charge is 2.20. The van der Waals surface area contributed by atoms with Crippen LogP contribution in [0, 0.1) is 5.82 Å². The minimum Gasteiger partial charge on any atom is -0.380 e. The molecule has 0 radical (unpaired) electrons. The van der Waals surface area contributed by atoms with Gasteiger partial charge < -0.3 is 15.4 Å². The van der Waals surface area contributed by atoms with E-state index in [1.54, 1.807) is 19.2 Å². The number of benzene rings is 2. The Bertz CT molecular complexity index is 589. The SMILES string of the molecule is COCc1ccccc1C(CN)N(C)c1ccccc1F. The first-order chi connectivity index (χ1) is 10.2. The predicted molar refractivity (Wildman–Crippen MR) is 83.8 cm³/mol. The summed E-state index contributed by atoms with van der Waals surface area (Å²) in [6.07, 6.45) is 0. The molecule has 0 bridgehead atoms. The Kier molecular flexibility index (Phi) is 5.31. The standard InChI is InChI=1S/C17H21FN2O/c1-20(16-10-6-5-9-15(16)18)17(11-19)14-8-4-3-7-13(14)12-21-2/h3-10,17H,11-12,19H2,1-2H3. The van der Waals surface area contributed by atoms with E-state index >= 15 is 0 Å². The number of methoxy groups -OCH3 is 1. The number of anilines is 1. The molecule has 2 aromatic carbocycles. The quantitative estimate of drug-likeness (QED) is 0.887. The summed E-state index contributed by atoms with van der Waals surface area (Å²) in [5.41, 5.74) is 8.63. The van der Waals surface area contributed by atoms with E-state index in [1.165, 1.54) is 6.07 Å². The van der Waals surface area contributed by atoms with E-state index in [0.29, 0.717) is 18.8 Å². The minimum atomic E-state index is -0.248. The van der Waals surface area contributed by atoms with Crippen molar-refractivity contribution in [2.24, 2.45) is 5.73 Å². The van der Waals surface area contributed by atoms with Crippen molar-refractivity contribution in [2.75, 3.05) is 25.6 Å². The van der Waals surface area contributed by atoms with Crippen LogP contribution in [0.1, 0.15) is 17.2 Å². The molecule has 2 rings (SSSR count). The molecular weight excluding hydrogens is 267 g/mol. The number of nitrogens with zero attached hydrogens (tertiary/aromatic N) is 1. The number of hydrogen-bond donors (Lipinski definition) is 1. The number of ether oxygens (including phenoxy) is 1. The van der Waals surface area contributed by atoms with Gasteiger partial charge in [-0.05, 0) is 23.3 Å². The molecule has 0 aliphatic carbocycles. The van der Waals surface area contributed by atoms with E-state index in [-0.39, 0.29) is 11.9 Å². The second kappa shape index (κ2) is 7.20. The van der Waals surface area contributed by atoms with Crippen molar-refractivity contribution in [3.63, 3.8) is 0 Å². The average molecular weight is 288 g/mol. The van der Waals surface area contributed by atoms with Gasteiger partial charge in [-0.25, -0.2) is 4.39 Å². The summed E-state index contributed by atoms with van der Waals surface area (Å²) in [6.45, 7) is 0.906. The largest absolute Gasteiger partial charge is 0.380 e. The molecular formula is C17H21FN2O. The van der Waals surface area contributed by atoms with Gasteiger partial charge in [-0.1, -0.05) is 36.4 Å². The van der Waals surface area contributed by atoms with E-state index < -0.39 is 0 Å². The maximum Gasteiger partial charge on any atom is 0.146 e. The van der Waals surface area contributed by atoms with Crippen molar-refractivity contribution in [1.82, 2.24) is 0 Å². The Balaban J connectivity index is 2.38. The maximum absolute atomic E-state index is 14.0. The third-order valence-electron chi connectivity index (χ3n) is 3.64. The molecule has 0 heterocycles. The van der Waals surface area contributed by atoms with Crippen LogP contribution in [0.5, 0.6) is 0 Å². The molecule has 21 heavy (non-hydrogen) atoms. The first kappa shape index (κ1) is 15.5. The number of rotatable bonds is 6. The summed E-state index contributed by atoms with van der Waals surface area (Å²) < 4.78 is 19.2. The van der Waals surface area contributed by atoms with Crippen LogP contribution in [0.2, 0.25) is 0 Å². The summed E-state index contributed by atoms with van der Waals surface area (Å²) in [4.78, 5) is 1.88. The molecule has 112 valence electrons. The van der Waals surface area contributed by atoms with Crippen molar-refractivity contribution >= 4 is 5.69 Å². The van der Waals surface area contributed by atoms with Gasteiger partial charge in [0.2, 0.25) is 0 Å². The smallest absolute Gasteiger partial charge is 0.146 e. The van der Waals surface area contributed by atoms with Crippen LogP contribution in [0.15, 0.2) is 48.5 Å². The molecule has 1 atom stereocenters. The Morgan fingerprint density at radius 2 is 1.81 bits per heavy atom. The van der Waals surface area contributed by atoms with Gasteiger partial charge in [0.05, 0.1) is 18.3 Å². The third kappa shape index (κ3) is 3.40. The van der Waals surface area contributed by atoms with Crippen LogP contribution in [0.4, 0.5) is 10.1 Å². The summed E-state index contributed by atoms with van der Waals surface area (Å²) in [6, 6.07) is 14.6. The Labute approximate surface area is 125 Å². The maximum atomic E-state index is 14.0. The van der Waals surface area contributed by atoms with Gasteiger partial charge >= 0.3 is 0 Å². The van der Waals surface area contributed by atoms with Crippen molar-refractivity contribution in [2.45, 2.75) is 12.6 Å². The van der Waals surface area contributed by atoms with E-state index in [9.17, 15) is 4.39 Å². The highest BCUT2D eigenvalue weighted by atomic mass is 19.1. The van der Waals surface area contributed by atoms with Crippen LogP contribution < -0.4 is 10.6 Å². The van der Waals surface area contributed by atoms with Crippen molar-refractivity contribution in [3.8, 4) is 0 Å². The lowest BCUT2D eigenvalue weighted by molar-refractivity contribution is 0.183. The fourth-order valence-corrected chi connectivity index (χ4v) is 2.55. The van der Waals surface area contributed by atoms with E-state index in [0.717, 1.165) is 11.1 Å². The number of nitrogens with two attached hydrogens (primary N) is 1. The van der Waals surface area contributed by atoms with Crippen LogP contribution >= 0.6 is 0 Å². The Hall–Kier alpha value is -1.91. The molecule has 0 amide bonds. The van der Waals surface area contributed by atoms with Gasteiger partial charge in [0.25, 0.3) is 0 Å². The molecule has 0 saturated heterocycles. The first-order valence-electron chi connectivity index (χ1n) is 6.93. The highest BCUT2D eigenvalue weighted by molar-refractivity contribution is 5.50. The van der Waals surface area contributed by atoms with Crippen molar-refractivity contribution in [1.29, 1.82) is 0 Å². The monoisotopic (exact) mass is 288 g/mol. The van der Waals surface area contributed by atoms with Gasteiger partial charge in [0, 0.05) is 20.7 Å². The fraction of sp³-hybridized carbons (Fsp3) is 0.294. The normalized spacial score (nSPS) is 12.2. The van der Waals surface area contributed by atoms with Gasteiger partial charge in [-0.2, -0.15) is 0 Å². The molecule has 0 fully saturated rings. The molecule has 0 aliphatic heterocycles. The lowest BCUT2D eigenvalue weighted by atomic mass is 9.99. The van der Waals surface area contributed by atoms with E-state index in [1.807, 2.05) is 42.3 Å². The zero-order valence-corrected chi connectivity index (χ0v) is 12.4. The van der Waals surface area contributed by atoms with Gasteiger partial charge in [-0.15, -0.1) is 0 Å². The van der Waals surface area contributed by atoms with Gasteiger partial charge in [-0.3, -0.25) is 0 Å². The van der Waals surface area contributed by atoms with Crippen molar-refractivity contribution in [3.05, 3.63) is 65.5 Å². The number of halogens is 1. The van der Waals surface area contributed by atoms with Crippen LogP contribution in [-0.4, -0.2) is 20.7 Å². The minimum absolute atomic E-state index is 0.103. The van der Waals surface area contributed by atoms with E-state index in [2.05, 4.69) is 0 Å². The molecule has 0 saturated carbocycles. The number of hydrogen-bond acceptors (Lipinski definition) is 3. The van der Waals surface area contributed by atoms with Crippen LogP contribution in [0.25, 0.3) is 0 Å². The lowest BCUT2D eigenvalue weighted by Crippen LogP contribution is -2.31. The molecule has 0 spiro atoms. The second-order valence-corrected chi connectivity index (χ2v) is 4.95. The van der Waals surface area contributed by atoms with Crippen LogP contribution in [-0.2, 0) is 11.3 Å².